The number of benzene rings is 2. The summed E-state index contributed by atoms with van der Waals surface area (Å²) in [6, 6.07) is 10.8. The van der Waals surface area contributed by atoms with Crippen molar-refractivity contribution in [1.82, 2.24) is 4.90 Å². The predicted molar refractivity (Wildman–Crippen MR) is 118 cm³/mol. The molecule has 2 heterocycles. The molecule has 1 fully saturated rings. The van der Waals surface area contributed by atoms with E-state index in [1.165, 1.54) is 32.4 Å². The average Bonchev–Trinajstić information content (AvgIpc) is 3.28. The van der Waals surface area contributed by atoms with Crippen LogP contribution in [0, 0.1) is 5.92 Å². The summed E-state index contributed by atoms with van der Waals surface area (Å²) in [4.78, 5) is 27.8. The van der Waals surface area contributed by atoms with Crippen LogP contribution in [0.2, 0.25) is 0 Å². The van der Waals surface area contributed by atoms with Crippen LogP contribution in [-0.2, 0) is 25.9 Å². The summed E-state index contributed by atoms with van der Waals surface area (Å²) in [5.41, 5.74) is -2.29. The van der Waals surface area contributed by atoms with Gasteiger partial charge in [0.25, 0.3) is 17.5 Å². The Morgan fingerprint density at radius 2 is 1.62 bits per heavy atom. The molecule has 0 unspecified atom stereocenters. The number of ketones is 1. The molecular formula is C25H25NO8. The Morgan fingerprint density at radius 1 is 0.971 bits per heavy atom. The second-order valence-corrected chi connectivity index (χ2v) is 9.09. The summed E-state index contributed by atoms with van der Waals surface area (Å²) >= 11 is 0. The van der Waals surface area contributed by atoms with E-state index < -0.39 is 28.8 Å². The van der Waals surface area contributed by atoms with Crippen molar-refractivity contribution in [3.05, 3.63) is 64.7 Å². The fourth-order valence-electron chi connectivity index (χ4n) is 5.47. The fraction of sp³-hybridized carbons (Fsp3) is 0.360. The lowest BCUT2D eigenvalue weighted by atomic mass is 9.78. The minimum Gasteiger partial charge on any atom is -0.493 e. The highest BCUT2D eigenvalue weighted by molar-refractivity contribution is 6.48. The molecule has 0 saturated carbocycles. The van der Waals surface area contributed by atoms with E-state index >= 15 is 0 Å². The Hall–Kier alpha value is -3.40. The quantitative estimate of drug-likeness (QED) is 0.443. The maximum absolute atomic E-state index is 13.4. The van der Waals surface area contributed by atoms with Gasteiger partial charge in [-0.2, -0.15) is 0 Å². The van der Waals surface area contributed by atoms with Crippen molar-refractivity contribution >= 4 is 17.4 Å². The zero-order chi connectivity index (χ0) is 24.6. The molecule has 1 amide bonds. The van der Waals surface area contributed by atoms with Crippen LogP contribution in [0.5, 0.6) is 11.5 Å². The zero-order valence-corrected chi connectivity index (χ0v) is 19.2. The molecule has 2 aromatic rings. The third-order valence-electron chi connectivity index (χ3n) is 6.77. The summed E-state index contributed by atoms with van der Waals surface area (Å²) < 4.78 is 16.7. The van der Waals surface area contributed by atoms with Crippen LogP contribution in [-0.4, -0.2) is 58.2 Å². The highest BCUT2D eigenvalue weighted by atomic mass is 16.6. The molecule has 2 aliphatic heterocycles. The molecule has 2 aromatic carbocycles. The third kappa shape index (κ3) is 2.38. The number of Topliss-reactive ketones (excluding diaryl/α,β-unsaturated/α-hetero) is 1. The van der Waals surface area contributed by atoms with E-state index in [0.29, 0.717) is 17.1 Å². The molecule has 34 heavy (non-hydrogen) atoms. The monoisotopic (exact) mass is 467 g/mol. The summed E-state index contributed by atoms with van der Waals surface area (Å²) in [6.45, 7) is 3.62. The number of rotatable bonds is 5. The van der Waals surface area contributed by atoms with Crippen molar-refractivity contribution in [3.8, 4) is 11.5 Å². The SMILES string of the molecule is COc1ccc(C2=C3C(=O)C(=O)N(CC(C)C)[C@@]34C(O)(O)c3ccccc3[C@@]4(O)O2)cc1OC. The first kappa shape index (κ1) is 22.4. The van der Waals surface area contributed by atoms with Crippen LogP contribution in [0.3, 0.4) is 0 Å². The van der Waals surface area contributed by atoms with Crippen molar-refractivity contribution < 1.29 is 39.1 Å². The summed E-state index contributed by atoms with van der Waals surface area (Å²) in [6.07, 6.45) is 0. The van der Waals surface area contributed by atoms with Crippen LogP contribution in [0.1, 0.15) is 30.5 Å². The predicted octanol–water partition coefficient (Wildman–Crippen LogP) is 1.25. The molecule has 1 saturated heterocycles. The van der Waals surface area contributed by atoms with Gasteiger partial charge in [-0.3, -0.25) is 9.59 Å². The smallest absolute Gasteiger partial charge is 0.296 e. The topological polar surface area (TPSA) is 126 Å². The summed E-state index contributed by atoms with van der Waals surface area (Å²) in [7, 11) is 2.91. The van der Waals surface area contributed by atoms with Crippen molar-refractivity contribution in [3.63, 3.8) is 0 Å². The van der Waals surface area contributed by atoms with Crippen LogP contribution in [0.4, 0.5) is 0 Å². The van der Waals surface area contributed by atoms with Gasteiger partial charge in [0.1, 0.15) is 5.76 Å². The standard InChI is InChI=1S/C25H25NO8/c1-13(2)12-26-22(28)20(27)19-21(14-9-10-17(32-3)18(11-14)33-4)34-25(31)16-8-6-5-7-15(16)24(29,30)23(19,25)26/h5-11,13,29-31H,12H2,1-4H3/t23-,25-/m1/s1. The van der Waals surface area contributed by atoms with Gasteiger partial charge in [-0.05, 0) is 24.1 Å². The first-order chi connectivity index (χ1) is 16.1. The Kier molecular flexibility index (Phi) is 4.64. The van der Waals surface area contributed by atoms with Crippen molar-refractivity contribution in [2.45, 2.75) is 31.0 Å². The Balaban J connectivity index is 1.86. The molecule has 5 rings (SSSR count). The molecule has 9 nitrogen and oxygen atoms in total. The van der Waals surface area contributed by atoms with Crippen molar-refractivity contribution in [2.24, 2.45) is 5.92 Å². The third-order valence-corrected chi connectivity index (χ3v) is 6.77. The molecule has 1 spiro atoms. The minimum absolute atomic E-state index is 0.0180. The van der Waals surface area contributed by atoms with Crippen LogP contribution >= 0.6 is 0 Å². The van der Waals surface area contributed by atoms with E-state index in [1.807, 2.05) is 13.8 Å². The molecule has 178 valence electrons. The van der Waals surface area contributed by atoms with Gasteiger partial charge in [0.15, 0.2) is 11.5 Å². The largest absolute Gasteiger partial charge is 0.493 e. The van der Waals surface area contributed by atoms with Crippen LogP contribution < -0.4 is 9.47 Å². The van der Waals surface area contributed by atoms with E-state index in [-0.39, 0.29) is 34.9 Å². The number of amides is 1. The second kappa shape index (κ2) is 7.05. The number of ether oxygens (including phenoxy) is 3. The van der Waals surface area contributed by atoms with E-state index in [1.54, 1.807) is 24.3 Å². The Labute approximate surface area is 195 Å². The first-order valence-electron chi connectivity index (χ1n) is 10.9. The molecule has 3 N–H and O–H groups in total. The maximum atomic E-state index is 13.4. The molecule has 2 atom stereocenters. The van der Waals surface area contributed by atoms with Crippen molar-refractivity contribution in [1.29, 1.82) is 0 Å². The molecule has 0 bridgehead atoms. The molecule has 9 heteroatoms. The van der Waals surface area contributed by atoms with Crippen LogP contribution in [0.15, 0.2) is 48.0 Å². The van der Waals surface area contributed by atoms with E-state index in [0.717, 1.165) is 4.90 Å². The van der Waals surface area contributed by atoms with Crippen molar-refractivity contribution in [2.75, 3.05) is 20.8 Å². The minimum atomic E-state index is -2.82. The lowest BCUT2D eigenvalue weighted by Crippen LogP contribution is -2.66. The van der Waals surface area contributed by atoms with E-state index in [2.05, 4.69) is 0 Å². The number of aliphatic hydroxyl groups is 3. The fourth-order valence-corrected chi connectivity index (χ4v) is 5.47. The van der Waals surface area contributed by atoms with E-state index in [4.69, 9.17) is 14.2 Å². The highest BCUT2D eigenvalue weighted by Crippen LogP contribution is 2.67. The van der Waals surface area contributed by atoms with Gasteiger partial charge >= 0.3 is 0 Å². The number of carbonyl (C=O) groups is 2. The van der Waals surface area contributed by atoms with E-state index in [9.17, 15) is 24.9 Å². The number of hydrogen-bond donors (Lipinski definition) is 3. The zero-order valence-electron chi connectivity index (χ0n) is 19.2. The number of fused-ring (bicyclic) bond motifs is 2. The van der Waals surface area contributed by atoms with Gasteiger partial charge in [-0.15, -0.1) is 0 Å². The normalized spacial score (nSPS) is 26.5. The maximum Gasteiger partial charge on any atom is 0.296 e. The average molecular weight is 467 g/mol. The molecular weight excluding hydrogens is 442 g/mol. The summed E-state index contributed by atoms with van der Waals surface area (Å²) in [5.74, 6) is -6.70. The van der Waals surface area contributed by atoms with Gasteiger partial charge < -0.3 is 34.4 Å². The first-order valence-corrected chi connectivity index (χ1v) is 10.9. The lowest BCUT2D eigenvalue weighted by Gasteiger charge is -2.45. The van der Waals surface area contributed by atoms with Gasteiger partial charge in [0, 0.05) is 23.2 Å². The van der Waals surface area contributed by atoms with Gasteiger partial charge in [0.2, 0.25) is 11.3 Å². The molecule has 3 aliphatic rings. The number of methoxy groups -OCH3 is 2. The molecule has 0 radical (unpaired) electrons. The van der Waals surface area contributed by atoms with Gasteiger partial charge in [0.05, 0.1) is 19.8 Å². The van der Waals surface area contributed by atoms with Gasteiger partial charge in [-0.25, -0.2) is 0 Å². The number of carbonyl (C=O) groups excluding carboxylic acids is 2. The number of hydrogen-bond acceptors (Lipinski definition) is 8. The van der Waals surface area contributed by atoms with Gasteiger partial charge in [-0.1, -0.05) is 38.1 Å². The number of nitrogens with zero attached hydrogens (tertiary/aromatic N) is 1. The molecule has 0 aromatic heterocycles. The second-order valence-electron chi connectivity index (χ2n) is 9.09. The Bertz CT molecular complexity index is 1270. The lowest BCUT2D eigenvalue weighted by molar-refractivity contribution is -0.312. The highest BCUT2D eigenvalue weighted by Gasteiger charge is 2.85. The molecule has 1 aliphatic carbocycles. The Morgan fingerprint density at radius 3 is 2.24 bits per heavy atom. The van der Waals surface area contributed by atoms with Crippen LogP contribution in [0.25, 0.3) is 5.76 Å². The number of likely N-dealkylation sites (tertiary alicyclic amines) is 1. The summed E-state index contributed by atoms with van der Waals surface area (Å²) in [5, 5.41) is 35.3.